The van der Waals surface area contributed by atoms with Gasteiger partial charge in [-0.05, 0) is 43.0 Å². The van der Waals surface area contributed by atoms with Gasteiger partial charge in [-0.15, -0.1) is 11.8 Å². The van der Waals surface area contributed by atoms with Gasteiger partial charge < -0.3 is 10.0 Å². The lowest BCUT2D eigenvalue weighted by Gasteiger charge is -2.29. The monoisotopic (exact) mass is 355 g/mol. The SMILES string of the molecule is CC([C@H](O)c1ccccc1)N(C)C(=O)Cc1ccc(SC2CC2)cc1. The molecule has 0 saturated heterocycles. The molecule has 0 radical (unpaired) electrons. The number of rotatable bonds is 7. The van der Waals surface area contributed by atoms with Crippen molar-refractivity contribution >= 4 is 17.7 Å². The molecular formula is C21H25NO2S. The largest absolute Gasteiger partial charge is 0.386 e. The Kier molecular flexibility index (Phi) is 5.82. The van der Waals surface area contributed by atoms with E-state index in [1.807, 2.05) is 61.2 Å². The number of aliphatic hydroxyl groups excluding tert-OH is 1. The Hall–Kier alpha value is -1.78. The van der Waals surface area contributed by atoms with E-state index in [-0.39, 0.29) is 11.9 Å². The Morgan fingerprint density at radius 2 is 1.80 bits per heavy atom. The standard InChI is InChI=1S/C21H25NO2S/c1-15(21(24)17-6-4-3-5-7-17)22(2)20(23)14-16-8-10-18(11-9-16)25-19-12-13-19/h3-11,15,19,21,24H,12-14H2,1-2H3/t15?,21-/m0/s1. The molecule has 1 saturated carbocycles. The summed E-state index contributed by atoms with van der Waals surface area (Å²) in [5, 5.41) is 11.3. The molecule has 0 bridgehead atoms. The minimum atomic E-state index is -0.688. The summed E-state index contributed by atoms with van der Waals surface area (Å²) in [5.41, 5.74) is 1.84. The Labute approximate surface area is 154 Å². The highest BCUT2D eigenvalue weighted by Gasteiger charge is 2.24. The molecule has 1 aliphatic rings. The molecule has 25 heavy (non-hydrogen) atoms. The van der Waals surface area contributed by atoms with Crippen LogP contribution in [0.4, 0.5) is 0 Å². The highest BCUT2D eigenvalue weighted by atomic mass is 32.2. The van der Waals surface area contributed by atoms with Crippen molar-refractivity contribution in [3.05, 3.63) is 65.7 Å². The minimum absolute atomic E-state index is 0.0186. The van der Waals surface area contributed by atoms with Crippen molar-refractivity contribution in [1.29, 1.82) is 0 Å². The van der Waals surface area contributed by atoms with Crippen LogP contribution in [-0.2, 0) is 11.2 Å². The topological polar surface area (TPSA) is 40.5 Å². The molecule has 0 heterocycles. The molecule has 1 amide bonds. The molecule has 1 N–H and O–H groups in total. The quantitative estimate of drug-likeness (QED) is 0.814. The lowest BCUT2D eigenvalue weighted by atomic mass is 10.0. The predicted molar refractivity (Wildman–Crippen MR) is 103 cm³/mol. The van der Waals surface area contributed by atoms with Crippen molar-refractivity contribution in [3.63, 3.8) is 0 Å². The van der Waals surface area contributed by atoms with Crippen LogP contribution < -0.4 is 0 Å². The van der Waals surface area contributed by atoms with Gasteiger partial charge in [-0.25, -0.2) is 0 Å². The zero-order chi connectivity index (χ0) is 17.8. The van der Waals surface area contributed by atoms with E-state index in [1.54, 1.807) is 11.9 Å². The fourth-order valence-corrected chi connectivity index (χ4v) is 3.78. The second kappa shape index (κ2) is 8.07. The lowest BCUT2D eigenvalue weighted by molar-refractivity contribution is -0.133. The number of hydrogen-bond acceptors (Lipinski definition) is 3. The Morgan fingerprint density at radius 1 is 1.16 bits per heavy atom. The van der Waals surface area contributed by atoms with E-state index in [9.17, 15) is 9.90 Å². The van der Waals surface area contributed by atoms with Crippen LogP contribution >= 0.6 is 11.8 Å². The first-order valence-electron chi connectivity index (χ1n) is 8.79. The molecule has 2 atom stereocenters. The van der Waals surface area contributed by atoms with E-state index in [1.165, 1.54) is 17.7 Å². The second-order valence-electron chi connectivity index (χ2n) is 6.74. The summed E-state index contributed by atoms with van der Waals surface area (Å²) in [7, 11) is 1.76. The zero-order valence-electron chi connectivity index (χ0n) is 14.8. The Bertz CT molecular complexity index is 698. The van der Waals surface area contributed by atoms with Gasteiger partial charge in [0.05, 0.1) is 18.6 Å². The third-order valence-corrected chi connectivity index (χ3v) is 6.06. The molecule has 3 rings (SSSR count). The number of likely N-dealkylation sites (N-methyl/N-ethyl adjacent to an activating group) is 1. The molecule has 0 spiro atoms. The smallest absolute Gasteiger partial charge is 0.227 e. The lowest BCUT2D eigenvalue weighted by Crippen LogP contribution is -2.39. The van der Waals surface area contributed by atoms with Crippen molar-refractivity contribution in [2.75, 3.05) is 7.05 Å². The molecule has 0 aromatic heterocycles. The Balaban J connectivity index is 1.57. The molecule has 1 unspecified atom stereocenters. The summed E-state index contributed by atoms with van der Waals surface area (Å²) in [6.45, 7) is 1.88. The molecule has 132 valence electrons. The summed E-state index contributed by atoms with van der Waals surface area (Å²) < 4.78 is 0. The summed E-state index contributed by atoms with van der Waals surface area (Å²) in [6, 6.07) is 17.5. The van der Waals surface area contributed by atoms with Gasteiger partial charge >= 0.3 is 0 Å². The van der Waals surface area contributed by atoms with Gasteiger partial charge in [-0.2, -0.15) is 0 Å². The first kappa shape index (κ1) is 18.0. The first-order valence-corrected chi connectivity index (χ1v) is 9.67. The van der Waals surface area contributed by atoms with Gasteiger partial charge in [0.25, 0.3) is 0 Å². The van der Waals surface area contributed by atoms with Crippen molar-refractivity contribution < 1.29 is 9.90 Å². The number of carbonyl (C=O) groups is 1. The number of thioether (sulfide) groups is 1. The summed E-state index contributed by atoms with van der Waals surface area (Å²) in [6.07, 6.45) is 2.30. The molecule has 4 heteroatoms. The minimum Gasteiger partial charge on any atom is -0.386 e. The molecule has 0 aliphatic heterocycles. The Morgan fingerprint density at radius 3 is 2.40 bits per heavy atom. The van der Waals surface area contributed by atoms with Gasteiger partial charge in [0.1, 0.15) is 0 Å². The number of benzene rings is 2. The van der Waals surface area contributed by atoms with Crippen LogP contribution in [-0.4, -0.2) is 34.3 Å². The van der Waals surface area contributed by atoms with E-state index < -0.39 is 6.10 Å². The van der Waals surface area contributed by atoms with Gasteiger partial charge in [0.15, 0.2) is 0 Å². The van der Waals surface area contributed by atoms with Crippen LogP contribution in [0.25, 0.3) is 0 Å². The number of carbonyl (C=O) groups excluding carboxylic acids is 1. The molecule has 3 nitrogen and oxygen atoms in total. The molecule has 2 aromatic carbocycles. The molecule has 1 fully saturated rings. The fourth-order valence-electron chi connectivity index (χ4n) is 2.73. The van der Waals surface area contributed by atoms with Gasteiger partial charge in [-0.3, -0.25) is 4.79 Å². The maximum Gasteiger partial charge on any atom is 0.227 e. The highest BCUT2D eigenvalue weighted by molar-refractivity contribution is 8.00. The second-order valence-corrected chi connectivity index (χ2v) is 8.11. The summed E-state index contributed by atoms with van der Waals surface area (Å²) in [5.74, 6) is 0.0186. The van der Waals surface area contributed by atoms with E-state index >= 15 is 0 Å². The van der Waals surface area contributed by atoms with Crippen molar-refractivity contribution in [1.82, 2.24) is 4.90 Å². The third kappa shape index (κ3) is 4.86. The molecular weight excluding hydrogens is 330 g/mol. The van der Waals surface area contributed by atoms with E-state index in [4.69, 9.17) is 0 Å². The summed E-state index contributed by atoms with van der Waals surface area (Å²) in [4.78, 5) is 15.5. The van der Waals surface area contributed by atoms with Gasteiger partial charge in [-0.1, -0.05) is 42.5 Å². The van der Waals surface area contributed by atoms with Gasteiger partial charge in [0.2, 0.25) is 5.91 Å². The summed E-state index contributed by atoms with van der Waals surface area (Å²) >= 11 is 1.92. The van der Waals surface area contributed by atoms with Crippen molar-refractivity contribution in [2.45, 2.75) is 48.5 Å². The first-order chi connectivity index (χ1) is 12.0. The average molecular weight is 356 g/mol. The maximum absolute atomic E-state index is 12.6. The van der Waals surface area contributed by atoms with Crippen LogP contribution in [0, 0.1) is 0 Å². The number of nitrogens with zero attached hydrogens (tertiary/aromatic N) is 1. The number of aliphatic hydroxyl groups is 1. The van der Waals surface area contributed by atoms with Crippen molar-refractivity contribution in [3.8, 4) is 0 Å². The van der Waals surface area contributed by atoms with E-state index in [0.717, 1.165) is 16.4 Å². The van der Waals surface area contributed by atoms with E-state index in [2.05, 4.69) is 12.1 Å². The van der Waals surface area contributed by atoms with E-state index in [0.29, 0.717) is 6.42 Å². The van der Waals surface area contributed by atoms with Crippen LogP contribution in [0.2, 0.25) is 0 Å². The van der Waals surface area contributed by atoms with Gasteiger partial charge in [0, 0.05) is 17.2 Å². The molecule has 1 aliphatic carbocycles. The zero-order valence-corrected chi connectivity index (χ0v) is 15.6. The van der Waals surface area contributed by atoms with Crippen LogP contribution in [0.15, 0.2) is 59.5 Å². The van der Waals surface area contributed by atoms with Crippen molar-refractivity contribution in [2.24, 2.45) is 0 Å². The van der Waals surface area contributed by atoms with Crippen LogP contribution in [0.3, 0.4) is 0 Å². The normalized spacial score (nSPS) is 16.3. The predicted octanol–water partition coefficient (Wildman–Crippen LogP) is 4.06. The van der Waals surface area contributed by atoms with Crippen LogP contribution in [0.1, 0.15) is 37.0 Å². The molecule has 2 aromatic rings. The van der Waals surface area contributed by atoms with Crippen LogP contribution in [0.5, 0.6) is 0 Å². The maximum atomic E-state index is 12.6. The highest BCUT2D eigenvalue weighted by Crippen LogP contribution is 2.39. The third-order valence-electron chi connectivity index (χ3n) is 4.71. The number of amides is 1. The average Bonchev–Trinajstić information content (AvgIpc) is 3.46. The number of hydrogen-bond donors (Lipinski definition) is 1. The fraction of sp³-hybridized carbons (Fsp3) is 0.381.